The number of carbonyl (C=O) groups excluding carboxylic acids is 1. The molecule has 6 heteroatoms. The first-order valence-corrected chi connectivity index (χ1v) is 8.04. The maximum atomic E-state index is 12.1. The van der Waals surface area contributed by atoms with Gasteiger partial charge in [-0.3, -0.25) is 14.9 Å². The molecule has 0 heterocycles. The molecule has 0 aliphatic heterocycles. The third kappa shape index (κ3) is 4.55. The van der Waals surface area contributed by atoms with Gasteiger partial charge in [0.1, 0.15) is 5.56 Å². The van der Waals surface area contributed by atoms with Gasteiger partial charge in [0.25, 0.3) is 11.6 Å². The normalized spacial score (nSPS) is 10.5. The zero-order chi connectivity index (χ0) is 17.7. The topological polar surface area (TPSA) is 72.2 Å². The summed E-state index contributed by atoms with van der Waals surface area (Å²) in [4.78, 5) is 22.6. The van der Waals surface area contributed by atoms with Crippen LogP contribution in [0.3, 0.4) is 0 Å². The molecule has 0 unspecified atom stereocenters. The molecule has 0 spiro atoms. The minimum absolute atomic E-state index is 0.0240. The Morgan fingerprint density at radius 2 is 1.96 bits per heavy atom. The Morgan fingerprint density at radius 3 is 2.62 bits per heavy atom. The largest absolute Gasteiger partial charge is 0.352 e. The van der Waals surface area contributed by atoms with Gasteiger partial charge in [-0.1, -0.05) is 35.4 Å². The Bertz CT molecular complexity index is 775. The van der Waals surface area contributed by atoms with E-state index in [1.54, 1.807) is 0 Å². The molecule has 0 saturated carbocycles. The van der Waals surface area contributed by atoms with Gasteiger partial charge in [0.2, 0.25) is 0 Å². The third-order valence-electron chi connectivity index (χ3n) is 3.81. The van der Waals surface area contributed by atoms with Gasteiger partial charge < -0.3 is 5.32 Å². The first-order valence-electron chi connectivity index (χ1n) is 7.67. The molecule has 0 aromatic heterocycles. The predicted octanol–water partition coefficient (Wildman–Crippen LogP) is 4.23. The molecule has 1 N–H and O–H groups in total. The van der Waals surface area contributed by atoms with Crippen LogP contribution in [0.2, 0.25) is 5.02 Å². The summed E-state index contributed by atoms with van der Waals surface area (Å²) in [5.41, 5.74) is 3.44. The highest BCUT2D eigenvalue weighted by Gasteiger charge is 2.20. The van der Waals surface area contributed by atoms with E-state index in [0.717, 1.165) is 12.8 Å². The number of nitrogens with zero attached hydrogens (tertiary/aromatic N) is 1. The average molecular weight is 347 g/mol. The molecule has 126 valence electrons. The summed E-state index contributed by atoms with van der Waals surface area (Å²) in [6.07, 6.45) is 1.60. The second-order valence-electron chi connectivity index (χ2n) is 5.71. The number of halogens is 1. The van der Waals surface area contributed by atoms with Crippen LogP contribution in [0.1, 0.15) is 33.5 Å². The second-order valence-corrected chi connectivity index (χ2v) is 6.14. The lowest BCUT2D eigenvalue weighted by Crippen LogP contribution is -2.25. The maximum absolute atomic E-state index is 12.1. The molecule has 0 bridgehead atoms. The molecule has 2 aromatic carbocycles. The lowest BCUT2D eigenvalue weighted by Gasteiger charge is -2.08. The minimum Gasteiger partial charge on any atom is -0.352 e. The highest BCUT2D eigenvalue weighted by molar-refractivity contribution is 6.31. The van der Waals surface area contributed by atoms with Crippen LogP contribution < -0.4 is 5.32 Å². The average Bonchev–Trinajstić information content (AvgIpc) is 2.52. The maximum Gasteiger partial charge on any atom is 0.283 e. The number of hydrogen-bond acceptors (Lipinski definition) is 3. The summed E-state index contributed by atoms with van der Waals surface area (Å²) in [7, 11) is 0. The zero-order valence-corrected chi connectivity index (χ0v) is 14.4. The van der Waals surface area contributed by atoms with Crippen LogP contribution in [0, 0.1) is 24.0 Å². The van der Waals surface area contributed by atoms with Gasteiger partial charge in [-0.15, -0.1) is 0 Å². The number of amides is 1. The van der Waals surface area contributed by atoms with Crippen LogP contribution in [0.25, 0.3) is 0 Å². The number of rotatable bonds is 6. The van der Waals surface area contributed by atoms with Gasteiger partial charge in [0, 0.05) is 17.6 Å². The Hall–Kier alpha value is -2.40. The van der Waals surface area contributed by atoms with Crippen LogP contribution in [-0.2, 0) is 6.42 Å². The fraction of sp³-hybridized carbons (Fsp3) is 0.278. The number of aryl methyl sites for hydroxylation is 3. The Morgan fingerprint density at radius 1 is 1.21 bits per heavy atom. The van der Waals surface area contributed by atoms with Gasteiger partial charge in [-0.05, 0) is 49.9 Å². The number of nitrogens with one attached hydrogen (secondary N) is 1. The summed E-state index contributed by atoms with van der Waals surface area (Å²) in [6.45, 7) is 4.57. The molecule has 5 nitrogen and oxygen atoms in total. The van der Waals surface area contributed by atoms with Crippen molar-refractivity contribution in [2.24, 2.45) is 0 Å². The van der Waals surface area contributed by atoms with E-state index in [9.17, 15) is 14.9 Å². The Labute approximate surface area is 145 Å². The van der Waals surface area contributed by atoms with Crippen molar-refractivity contribution in [2.75, 3.05) is 6.54 Å². The molecule has 0 fully saturated rings. The highest BCUT2D eigenvalue weighted by atomic mass is 35.5. The zero-order valence-electron chi connectivity index (χ0n) is 13.6. The highest BCUT2D eigenvalue weighted by Crippen LogP contribution is 2.23. The molecule has 2 rings (SSSR count). The van der Waals surface area contributed by atoms with Gasteiger partial charge in [0.15, 0.2) is 0 Å². The lowest BCUT2D eigenvalue weighted by atomic mass is 10.0. The van der Waals surface area contributed by atoms with Gasteiger partial charge in [-0.2, -0.15) is 0 Å². The van der Waals surface area contributed by atoms with Crippen molar-refractivity contribution in [3.05, 3.63) is 73.8 Å². The standard InChI is InChI=1S/C18H19ClN2O3/c1-12-5-6-14(13(2)10-12)4-3-9-20-18(22)16-8-7-15(19)11-17(16)21(23)24/h5-8,10-11H,3-4,9H2,1-2H3,(H,20,22). The first-order chi connectivity index (χ1) is 11.4. The van der Waals surface area contributed by atoms with E-state index < -0.39 is 10.8 Å². The van der Waals surface area contributed by atoms with Crippen LogP contribution in [0.15, 0.2) is 36.4 Å². The van der Waals surface area contributed by atoms with E-state index in [-0.39, 0.29) is 16.3 Å². The smallest absolute Gasteiger partial charge is 0.283 e. The number of nitro groups is 1. The molecule has 0 atom stereocenters. The number of nitro benzene ring substituents is 1. The molecule has 24 heavy (non-hydrogen) atoms. The molecule has 0 aliphatic carbocycles. The monoisotopic (exact) mass is 346 g/mol. The van der Waals surface area contributed by atoms with Crippen molar-refractivity contribution in [1.29, 1.82) is 0 Å². The van der Waals surface area contributed by atoms with Crippen LogP contribution in [0.5, 0.6) is 0 Å². The second kappa shape index (κ2) is 7.93. The van der Waals surface area contributed by atoms with Gasteiger partial charge >= 0.3 is 0 Å². The van der Waals surface area contributed by atoms with Crippen molar-refractivity contribution < 1.29 is 9.72 Å². The van der Waals surface area contributed by atoms with Gasteiger partial charge in [-0.25, -0.2) is 0 Å². The van der Waals surface area contributed by atoms with E-state index >= 15 is 0 Å². The first kappa shape index (κ1) is 17.9. The molecule has 0 radical (unpaired) electrons. The molecular weight excluding hydrogens is 328 g/mol. The van der Waals surface area contributed by atoms with Gasteiger partial charge in [0.05, 0.1) is 4.92 Å². The Balaban J connectivity index is 1.93. The summed E-state index contributed by atoms with van der Waals surface area (Å²) in [6, 6.07) is 10.3. The minimum atomic E-state index is -0.601. The van der Waals surface area contributed by atoms with Crippen molar-refractivity contribution in [1.82, 2.24) is 5.32 Å². The summed E-state index contributed by atoms with van der Waals surface area (Å²) >= 11 is 5.75. The molecule has 0 aliphatic rings. The van der Waals surface area contributed by atoms with E-state index in [0.29, 0.717) is 6.54 Å². The fourth-order valence-corrected chi connectivity index (χ4v) is 2.72. The van der Waals surface area contributed by atoms with Crippen LogP contribution in [0.4, 0.5) is 5.69 Å². The summed E-state index contributed by atoms with van der Waals surface area (Å²) < 4.78 is 0. The lowest BCUT2D eigenvalue weighted by molar-refractivity contribution is -0.385. The number of hydrogen-bond donors (Lipinski definition) is 1. The third-order valence-corrected chi connectivity index (χ3v) is 4.04. The van der Waals surface area contributed by atoms with E-state index in [2.05, 4.69) is 37.4 Å². The van der Waals surface area contributed by atoms with E-state index in [4.69, 9.17) is 11.6 Å². The molecule has 0 saturated heterocycles. The van der Waals surface area contributed by atoms with Crippen LogP contribution in [-0.4, -0.2) is 17.4 Å². The van der Waals surface area contributed by atoms with Crippen molar-refractivity contribution in [3.8, 4) is 0 Å². The summed E-state index contributed by atoms with van der Waals surface area (Å²) in [5, 5.41) is 14.0. The van der Waals surface area contributed by atoms with Crippen molar-refractivity contribution in [3.63, 3.8) is 0 Å². The summed E-state index contributed by atoms with van der Waals surface area (Å²) in [5.74, 6) is -0.459. The molecule has 2 aromatic rings. The van der Waals surface area contributed by atoms with Crippen molar-refractivity contribution >= 4 is 23.2 Å². The number of benzene rings is 2. The quantitative estimate of drug-likeness (QED) is 0.483. The molecule has 1 amide bonds. The number of carbonyl (C=O) groups is 1. The van der Waals surface area contributed by atoms with E-state index in [1.165, 1.54) is 34.9 Å². The Kier molecular flexibility index (Phi) is 5.93. The SMILES string of the molecule is Cc1ccc(CCCNC(=O)c2ccc(Cl)cc2[N+](=O)[O-])c(C)c1. The fourth-order valence-electron chi connectivity index (χ4n) is 2.55. The predicted molar refractivity (Wildman–Crippen MR) is 94.7 cm³/mol. The van der Waals surface area contributed by atoms with E-state index in [1.807, 2.05) is 0 Å². The van der Waals surface area contributed by atoms with Crippen LogP contribution >= 0.6 is 11.6 Å². The molecular formula is C18H19ClN2O3. The van der Waals surface area contributed by atoms with Crippen molar-refractivity contribution in [2.45, 2.75) is 26.7 Å².